The molecule has 2 aliphatic rings. The summed E-state index contributed by atoms with van der Waals surface area (Å²) in [6.07, 6.45) is 7.98. The smallest absolute Gasteiger partial charge is 0.342 e. The molecule has 1 aromatic rings. The highest BCUT2D eigenvalue weighted by molar-refractivity contribution is 5.95. The van der Waals surface area contributed by atoms with Crippen LogP contribution in [0.4, 0.5) is 0 Å². The highest BCUT2D eigenvalue weighted by atomic mass is 16.6. The van der Waals surface area contributed by atoms with Crippen molar-refractivity contribution in [3.05, 3.63) is 47.6 Å². The molecule has 1 saturated carbocycles. The van der Waals surface area contributed by atoms with E-state index in [0.29, 0.717) is 17.4 Å². The second kappa shape index (κ2) is 9.26. The maximum Gasteiger partial charge on any atom is 0.342 e. The first-order valence-corrected chi connectivity index (χ1v) is 10.0. The van der Waals surface area contributed by atoms with E-state index in [2.05, 4.69) is 6.08 Å². The van der Waals surface area contributed by atoms with E-state index < -0.39 is 24.0 Å². The Labute approximate surface area is 175 Å². The molecule has 0 aromatic heterocycles. The van der Waals surface area contributed by atoms with Crippen LogP contribution in [0.15, 0.2) is 36.4 Å². The third kappa shape index (κ3) is 5.79. The van der Waals surface area contributed by atoms with E-state index in [9.17, 15) is 19.5 Å². The molecule has 0 saturated heterocycles. The molecule has 7 heteroatoms. The van der Waals surface area contributed by atoms with Gasteiger partial charge in [0.1, 0.15) is 17.1 Å². The van der Waals surface area contributed by atoms with Gasteiger partial charge in [-0.3, -0.25) is 9.59 Å². The minimum atomic E-state index is -0.908. The Kier molecular flexibility index (Phi) is 6.72. The zero-order chi connectivity index (χ0) is 21.8. The van der Waals surface area contributed by atoms with Gasteiger partial charge in [0.25, 0.3) is 0 Å². The van der Waals surface area contributed by atoms with Gasteiger partial charge in [0, 0.05) is 26.3 Å². The first-order valence-electron chi connectivity index (χ1n) is 10.0. The van der Waals surface area contributed by atoms with E-state index in [1.807, 2.05) is 13.0 Å². The van der Waals surface area contributed by atoms with Crippen molar-refractivity contribution in [1.29, 1.82) is 0 Å². The second-order valence-corrected chi connectivity index (χ2v) is 7.80. The highest BCUT2D eigenvalue weighted by Crippen LogP contribution is 2.43. The van der Waals surface area contributed by atoms with Gasteiger partial charge in [-0.25, -0.2) is 4.79 Å². The third-order valence-electron chi connectivity index (χ3n) is 5.03. The van der Waals surface area contributed by atoms with E-state index in [4.69, 9.17) is 14.2 Å². The summed E-state index contributed by atoms with van der Waals surface area (Å²) in [5.74, 6) is -0.911. The molecular weight excluding hydrogens is 388 g/mol. The first-order chi connectivity index (χ1) is 14.2. The lowest BCUT2D eigenvalue weighted by Gasteiger charge is -2.19. The number of benzene rings is 1. The van der Waals surface area contributed by atoms with Crippen molar-refractivity contribution in [2.45, 2.75) is 52.2 Å². The number of esters is 3. The highest BCUT2D eigenvalue weighted by Gasteiger charge is 2.36. The number of hydrogen-bond donors (Lipinski definition) is 1. The molecule has 3 rings (SSSR count). The van der Waals surface area contributed by atoms with Gasteiger partial charge in [0.15, 0.2) is 0 Å². The molecule has 1 aliphatic carbocycles. The van der Waals surface area contributed by atoms with Crippen molar-refractivity contribution in [3.63, 3.8) is 0 Å². The fraction of sp³-hybridized carbons (Fsp3) is 0.435. The Morgan fingerprint density at radius 3 is 2.47 bits per heavy atom. The molecule has 1 aliphatic heterocycles. The van der Waals surface area contributed by atoms with Crippen molar-refractivity contribution < 1.29 is 33.7 Å². The van der Waals surface area contributed by atoms with Gasteiger partial charge in [-0.2, -0.15) is 0 Å². The predicted molar refractivity (Wildman–Crippen MR) is 108 cm³/mol. The largest absolute Gasteiger partial charge is 0.459 e. The molecule has 0 amide bonds. The van der Waals surface area contributed by atoms with Gasteiger partial charge >= 0.3 is 17.9 Å². The van der Waals surface area contributed by atoms with Crippen molar-refractivity contribution in [3.8, 4) is 11.5 Å². The standard InChI is InChI=1S/C23H26O7/c1-13-8-17-9-16(17)6-4-5-7-19(26)10-18-11-20(29-14(2)24)12-21(30-15(3)25)22(18)23(27)28-13/h4-7,11-13,16-17,19,26H,8-10H2,1-3H3/t13-,16+,17+,19+/m1/s1. The van der Waals surface area contributed by atoms with E-state index in [1.54, 1.807) is 12.2 Å². The van der Waals surface area contributed by atoms with E-state index in [-0.39, 0.29) is 29.6 Å². The van der Waals surface area contributed by atoms with Crippen LogP contribution in [-0.4, -0.2) is 35.2 Å². The zero-order valence-corrected chi connectivity index (χ0v) is 17.3. The third-order valence-corrected chi connectivity index (χ3v) is 5.03. The number of carbonyl (C=O) groups is 3. The Morgan fingerprint density at radius 2 is 1.77 bits per heavy atom. The Bertz CT molecular complexity index is 899. The number of cyclic esters (lactones) is 1. The van der Waals surface area contributed by atoms with Crippen LogP contribution in [0.25, 0.3) is 0 Å². The lowest BCUT2D eigenvalue weighted by molar-refractivity contribution is -0.132. The maximum atomic E-state index is 13.0. The molecule has 7 nitrogen and oxygen atoms in total. The molecule has 1 aromatic carbocycles. The van der Waals surface area contributed by atoms with Crippen molar-refractivity contribution in [2.24, 2.45) is 11.8 Å². The van der Waals surface area contributed by atoms with Crippen LogP contribution >= 0.6 is 0 Å². The van der Waals surface area contributed by atoms with Crippen LogP contribution in [0, 0.1) is 11.8 Å². The van der Waals surface area contributed by atoms with Crippen molar-refractivity contribution >= 4 is 17.9 Å². The molecule has 0 radical (unpaired) electrons. The average molecular weight is 414 g/mol. The summed E-state index contributed by atoms with van der Waals surface area (Å²) in [6, 6.07) is 2.78. The lowest BCUT2D eigenvalue weighted by Crippen LogP contribution is -2.21. The molecular formula is C23H26O7. The van der Waals surface area contributed by atoms with E-state index >= 15 is 0 Å². The van der Waals surface area contributed by atoms with E-state index in [0.717, 1.165) is 12.8 Å². The number of aliphatic hydroxyl groups excluding tert-OH is 1. The first kappa shape index (κ1) is 21.8. The van der Waals surface area contributed by atoms with E-state index in [1.165, 1.54) is 26.0 Å². The zero-order valence-electron chi connectivity index (χ0n) is 17.3. The molecule has 1 N–H and O–H groups in total. The summed E-state index contributed by atoms with van der Waals surface area (Å²) in [5.41, 5.74) is 0.394. The Hall–Kier alpha value is -2.93. The van der Waals surface area contributed by atoms with Crippen LogP contribution in [0.3, 0.4) is 0 Å². The SMILES string of the molecule is CC(=O)Oc1cc2c(c(OC(C)=O)c1)C(=O)O[C@H](C)C[C@H]1C[C@@H]1C=CC=C[C@H](O)C2. The Balaban J connectivity index is 2.05. The fourth-order valence-electron chi connectivity index (χ4n) is 3.68. The van der Waals surface area contributed by atoms with Crippen LogP contribution in [-0.2, 0) is 20.7 Å². The van der Waals surface area contributed by atoms with Gasteiger partial charge in [-0.15, -0.1) is 0 Å². The van der Waals surface area contributed by atoms with Gasteiger partial charge in [-0.1, -0.05) is 24.3 Å². The number of ether oxygens (including phenoxy) is 3. The van der Waals surface area contributed by atoms with Crippen molar-refractivity contribution in [2.75, 3.05) is 0 Å². The molecule has 0 unspecified atom stereocenters. The van der Waals surface area contributed by atoms with Gasteiger partial charge in [0.2, 0.25) is 0 Å². The monoisotopic (exact) mass is 414 g/mol. The molecule has 30 heavy (non-hydrogen) atoms. The van der Waals surface area contributed by atoms with Gasteiger partial charge in [-0.05, 0) is 43.2 Å². The molecule has 1 heterocycles. The molecule has 1 fully saturated rings. The summed E-state index contributed by atoms with van der Waals surface area (Å²) in [7, 11) is 0. The number of rotatable bonds is 2. The fourth-order valence-corrected chi connectivity index (χ4v) is 3.68. The topological polar surface area (TPSA) is 99.1 Å². The summed E-state index contributed by atoms with van der Waals surface area (Å²) in [5, 5.41) is 10.4. The second-order valence-electron chi connectivity index (χ2n) is 7.80. The van der Waals surface area contributed by atoms with Gasteiger partial charge < -0.3 is 19.3 Å². The Morgan fingerprint density at radius 1 is 1.07 bits per heavy atom. The number of allylic oxidation sites excluding steroid dienone is 3. The van der Waals surface area contributed by atoms with Crippen LogP contribution in [0.5, 0.6) is 11.5 Å². The molecule has 160 valence electrons. The minimum Gasteiger partial charge on any atom is -0.459 e. The number of carbonyl (C=O) groups excluding carboxylic acids is 3. The maximum absolute atomic E-state index is 13.0. The lowest BCUT2D eigenvalue weighted by atomic mass is 9.99. The molecule has 0 spiro atoms. The summed E-state index contributed by atoms with van der Waals surface area (Å²) >= 11 is 0. The summed E-state index contributed by atoms with van der Waals surface area (Å²) < 4.78 is 16.0. The number of aliphatic hydroxyl groups is 1. The summed E-state index contributed by atoms with van der Waals surface area (Å²) in [6.45, 7) is 4.28. The van der Waals surface area contributed by atoms with Crippen LogP contribution in [0.1, 0.15) is 49.5 Å². The predicted octanol–water partition coefficient (Wildman–Crippen LogP) is 3.14. The number of hydrogen-bond acceptors (Lipinski definition) is 7. The molecule has 4 atom stereocenters. The minimum absolute atomic E-state index is 0.0403. The van der Waals surface area contributed by atoms with Crippen LogP contribution < -0.4 is 9.47 Å². The van der Waals surface area contributed by atoms with Gasteiger partial charge in [0.05, 0.1) is 12.2 Å². The van der Waals surface area contributed by atoms with Crippen LogP contribution in [0.2, 0.25) is 0 Å². The molecule has 0 bridgehead atoms. The quantitative estimate of drug-likeness (QED) is 0.586. The average Bonchev–Trinajstić information content (AvgIpc) is 3.34. The van der Waals surface area contributed by atoms with Crippen molar-refractivity contribution in [1.82, 2.24) is 0 Å². The normalized spacial score (nSPS) is 25.9. The summed E-state index contributed by atoms with van der Waals surface area (Å²) in [4.78, 5) is 36.0. The number of fused-ring (bicyclic) bond motifs is 2.